The fraction of sp³-hybridized carbons (Fsp3) is 0.471. The van der Waals surface area contributed by atoms with Gasteiger partial charge in [0.05, 0.1) is 19.2 Å². The molecule has 8 heteroatoms. The lowest BCUT2D eigenvalue weighted by Gasteiger charge is -2.22. The van der Waals surface area contributed by atoms with Crippen LogP contribution in [-0.4, -0.2) is 60.3 Å². The van der Waals surface area contributed by atoms with Gasteiger partial charge >= 0.3 is 0 Å². The Bertz CT molecular complexity index is 773. The molecule has 1 aliphatic rings. The Kier molecular flexibility index (Phi) is 5.18. The first-order valence-electron chi connectivity index (χ1n) is 8.26. The van der Waals surface area contributed by atoms with Crippen LogP contribution >= 0.6 is 0 Å². The maximum atomic E-state index is 12.4. The summed E-state index contributed by atoms with van der Waals surface area (Å²) in [4.78, 5) is 26.3. The number of H-pyrrole nitrogens is 1. The molecule has 2 amide bonds. The van der Waals surface area contributed by atoms with E-state index in [2.05, 4.69) is 15.5 Å². The fourth-order valence-electron chi connectivity index (χ4n) is 3.01. The van der Waals surface area contributed by atoms with Crippen LogP contribution < -0.4 is 10.1 Å². The number of hydrogen-bond donors (Lipinski definition) is 2. The number of nitrogens with zero attached hydrogens (tertiary/aromatic N) is 2. The first kappa shape index (κ1) is 17.2. The highest BCUT2D eigenvalue weighted by Crippen LogP contribution is 2.24. The van der Waals surface area contributed by atoms with E-state index in [0.29, 0.717) is 24.5 Å². The Labute approximate surface area is 145 Å². The summed E-state index contributed by atoms with van der Waals surface area (Å²) in [6.45, 7) is 0.549. The van der Waals surface area contributed by atoms with Gasteiger partial charge in [-0.2, -0.15) is 5.10 Å². The molecule has 1 saturated heterocycles. The molecule has 8 nitrogen and oxygen atoms in total. The molecule has 0 saturated carbocycles. The van der Waals surface area contributed by atoms with Crippen molar-refractivity contribution in [1.82, 2.24) is 15.1 Å². The fourth-order valence-corrected chi connectivity index (χ4v) is 3.01. The van der Waals surface area contributed by atoms with Crippen LogP contribution in [0.4, 0.5) is 5.82 Å². The molecule has 1 aliphatic heterocycles. The third kappa shape index (κ3) is 3.74. The number of hydrogen-bond acceptors (Lipinski definition) is 5. The molecular formula is C17H22N4O4. The maximum absolute atomic E-state index is 12.4. The van der Waals surface area contributed by atoms with E-state index in [0.717, 1.165) is 23.7 Å². The number of aromatic amines is 1. The van der Waals surface area contributed by atoms with Crippen LogP contribution in [0, 0.1) is 0 Å². The van der Waals surface area contributed by atoms with Gasteiger partial charge < -0.3 is 19.7 Å². The van der Waals surface area contributed by atoms with Crippen LogP contribution in [0.3, 0.4) is 0 Å². The van der Waals surface area contributed by atoms with E-state index in [4.69, 9.17) is 9.47 Å². The average molecular weight is 346 g/mol. The second-order valence-corrected chi connectivity index (χ2v) is 6.01. The van der Waals surface area contributed by atoms with Crippen LogP contribution in [0.25, 0.3) is 10.9 Å². The second-order valence-electron chi connectivity index (χ2n) is 6.01. The molecule has 1 aromatic carbocycles. The van der Waals surface area contributed by atoms with E-state index in [1.807, 2.05) is 6.07 Å². The highest BCUT2D eigenvalue weighted by atomic mass is 16.5. The molecule has 2 aromatic rings. The number of likely N-dealkylation sites (tertiary alicyclic amines) is 1. The minimum Gasteiger partial charge on any atom is -0.497 e. The molecule has 134 valence electrons. The SMILES string of the molecule is COc1ccc2c(NC(=O)CN3CCCCC(OC)C3=O)n[nH]c2c1. The summed E-state index contributed by atoms with van der Waals surface area (Å²) in [6.07, 6.45) is 2.01. The summed E-state index contributed by atoms with van der Waals surface area (Å²) in [7, 11) is 3.11. The van der Waals surface area contributed by atoms with Crippen molar-refractivity contribution in [2.24, 2.45) is 0 Å². The monoisotopic (exact) mass is 346 g/mol. The molecule has 25 heavy (non-hydrogen) atoms. The van der Waals surface area contributed by atoms with Crippen molar-refractivity contribution < 1.29 is 19.1 Å². The van der Waals surface area contributed by atoms with E-state index < -0.39 is 6.10 Å². The Morgan fingerprint density at radius 2 is 2.24 bits per heavy atom. The van der Waals surface area contributed by atoms with Gasteiger partial charge in [0.15, 0.2) is 5.82 Å². The molecule has 0 bridgehead atoms. The van der Waals surface area contributed by atoms with Crippen molar-refractivity contribution >= 4 is 28.5 Å². The number of carbonyl (C=O) groups is 2. The van der Waals surface area contributed by atoms with Crippen LogP contribution in [0.1, 0.15) is 19.3 Å². The minimum atomic E-state index is -0.464. The maximum Gasteiger partial charge on any atom is 0.252 e. The Balaban J connectivity index is 1.69. The minimum absolute atomic E-state index is 0.0107. The zero-order valence-corrected chi connectivity index (χ0v) is 14.4. The Morgan fingerprint density at radius 1 is 1.40 bits per heavy atom. The predicted octanol–water partition coefficient (Wildman–Crippen LogP) is 1.54. The summed E-state index contributed by atoms with van der Waals surface area (Å²) in [6, 6.07) is 5.43. The largest absolute Gasteiger partial charge is 0.497 e. The zero-order chi connectivity index (χ0) is 17.8. The summed E-state index contributed by atoms with van der Waals surface area (Å²) in [5, 5.41) is 10.5. The quantitative estimate of drug-likeness (QED) is 0.856. The zero-order valence-electron chi connectivity index (χ0n) is 14.4. The van der Waals surface area contributed by atoms with Crippen molar-refractivity contribution in [2.45, 2.75) is 25.4 Å². The predicted molar refractivity (Wildman–Crippen MR) is 92.5 cm³/mol. The van der Waals surface area contributed by atoms with Gasteiger partial charge in [-0.3, -0.25) is 14.7 Å². The molecule has 2 N–H and O–H groups in total. The number of carbonyl (C=O) groups excluding carboxylic acids is 2. The van der Waals surface area contributed by atoms with E-state index >= 15 is 0 Å². The molecule has 1 unspecified atom stereocenters. The highest BCUT2D eigenvalue weighted by molar-refractivity contribution is 6.01. The van der Waals surface area contributed by atoms with Gasteiger partial charge in [0.25, 0.3) is 5.91 Å². The van der Waals surface area contributed by atoms with Gasteiger partial charge in [-0.05, 0) is 31.4 Å². The number of rotatable bonds is 5. The smallest absolute Gasteiger partial charge is 0.252 e. The Hall–Kier alpha value is -2.61. The van der Waals surface area contributed by atoms with Gasteiger partial charge in [0.2, 0.25) is 5.91 Å². The summed E-state index contributed by atoms with van der Waals surface area (Å²) in [5.41, 5.74) is 0.764. The van der Waals surface area contributed by atoms with Gasteiger partial charge in [-0.1, -0.05) is 0 Å². The standard InChI is InChI=1S/C17H22N4O4/c1-24-11-6-7-12-13(9-11)19-20-16(12)18-15(22)10-21-8-4-3-5-14(25-2)17(21)23/h6-7,9,14H,3-5,8,10H2,1-2H3,(H2,18,19,20,22). The average Bonchev–Trinajstić information content (AvgIpc) is 2.93. The van der Waals surface area contributed by atoms with Gasteiger partial charge in [-0.25, -0.2) is 0 Å². The lowest BCUT2D eigenvalue weighted by molar-refractivity contribution is -0.143. The number of aromatic nitrogens is 2. The first-order chi connectivity index (χ1) is 12.1. The van der Waals surface area contributed by atoms with Crippen molar-refractivity contribution in [1.29, 1.82) is 0 Å². The number of nitrogens with one attached hydrogen (secondary N) is 2. The molecule has 2 heterocycles. The molecule has 3 rings (SSSR count). The first-order valence-corrected chi connectivity index (χ1v) is 8.26. The summed E-state index contributed by atoms with van der Waals surface area (Å²) < 4.78 is 10.4. The second kappa shape index (κ2) is 7.52. The van der Waals surface area contributed by atoms with E-state index in [1.165, 1.54) is 7.11 Å². The molecule has 0 spiro atoms. The van der Waals surface area contributed by atoms with Crippen molar-refractivity contribution in [3.8, 4) is 5.75 Å². The number of benzene rings is 1. The molecule has 1 fully saturated rings. The highest BCUT2D eigenvalue weighted by Gasteiger charge is 2.28. The number of fused-ring (bicyclic) bond motifs is 1. The normalized spacial score (nSPS) is 18.2. The van der Waals surface area contributed by atoms with Crippen molar-refractivity contribution in [2.75, 3.05) is 32.6 Å². The lowest BCUT2D eigenvalue weighted by Crippen LogP contribution is -2.43. The van der Waals surface area contributed by atoms with E-state index in [-0.39, 0.29) is 18.4 Å². The molecular weight excluding hydrogens is 324 g/mol. The van der Waals surface area contributed by atoms with E-state index in [1.54, 1.807) is 24.1 Å². The number of methoxy groups -OCH3 is 2. The van der Waals surface area contributed by atoms with Gasteiger partial charge in [0, 0.05) is 25.1 Å². The molecule has 1 atom stereocenters. The number of ether oxygens (including phenoxy) is 2. The third-order valence-electron chi connectivity index (χ3n) is 4.38. The van der Waals surface area contributed by atoms with Gasteiger partial charge in [-0.15, -0.1) is 0 Å². The third-order valence-corrected chi connectivity index (χ3v) is 4.38. The summed E-state index contributed by atoms with van der Waals surface area (Å²) >= 11 is 0. The van der Waals surface area contributed by atoms with Crippen LogP contribution in [0.2, 0.25) is 0 Å². The number of amides is 2. The van der Waals surface area contributed by atoms with Crippen molar-refractivity contribution in [3.05, 3.63) is 18.2 Å². The molecule has 0 aliphatic carbocycles. The van der Waals surface area contributed by atoms with Crippen LogP contribution in [0.15, 0.2) is 18.2 Å². The summed E-state index contributed by atoms with van der Waals surface area (Å²) in [5.74, 6) is 0.726. The lowest BCUT2D eigenvalue weighted by atomic mass is 10.2. The van der Waals surface area contributed by atoms with E-state index in [9.17, 15) is 9.59 Å². The molecule has 0 radical (unpaired) electrons. The topological polar surface area (TPSA) is 96.6 Å². The Morgan fingerprint density at radius 3 is 3.00 bits per heavy atom. The van der Waals surface area contributed by atoms with Crippen LogP contribution in [-0.2, 0) is 14.3 Å². The van der Waals surface area contributed by atoms with Crippen LogP contribution in [0.5, 0.6) is 5.75 Å². The number of anilines is 1. The van der Waals surface area contributed by atoms with Gasteiger partial charge in [0.1, 0.15) is 11.9 Å². The van der Waals surface area contributed by atoms with Crippen molar-refractivity contribution in [3.63, 3.8) is 0 Å². The molecule has 1 aromatic heterocycles.